The molecule has 0 heterocycles. The van der Waals surface area contributed by atoms with Gasteiger partial charge >= 0.3 is 0 Å². The second kappa shape index (κ2) is 6.93. The fourth-order valence-corrected chi connectivity index (χ4v) is 2.37. The van der Waals surface area contributed by atoms with E-state index in [1.54, 1.807) is 0 Å². The predicted octanol–water partition coefficient (Wildman–Crippen LogP) is 3.17. The standard InChI is InChI=1S/C18H22N2O/c1-3-20(13-15-8-6-10-17(19)11-15)18(21)12-16-9-5-4-7-14(16)2/h4-11H,3,12-13,19H2,1-2H3. The summed E-state index contributed by atoms with van der Waals surface area (Å²) in [5, 5.41) is 0. The van der Waals surface area contributed by atoms with Gasteiger partial charge < -0.3 is 10.6 Å². The monoisotopic (exact) mass is 282 g/mol. The number of carbonyl (C=O) groups excluding carboxylic acids is 1. The van der Waals surface area contributed by atoms with Gasteiger partial charge in [0.15, 0.2) is 0 Å². The molecule has 21 heavy (non-hydrogen) atoms. The summed E-state index contributed by atoms with van der Waals surface area (Å²) in [6, 6.07) is 15.7. The van der Waals surface area contributed by atoms with Crippen molar-refractivity contribution in [3.8, 4) is 0 Å². The topological polar surface area (TPSA) is 46.3 Å². The average molecular weight is 282 g/mol. The lowest BCUT2D eigenvalue weighted by Crippen LogP contribution is -2.31. The summed E-state index contributed by atoms with van der Waals surface area (Å²) in [5.74, 6) is 0.147. The van der Waals surface area contributed by atoms with Crippen LogP contribution >= 0.6 is 0 Å². The van der Waals surface area contributed by atoms with E-state index >= 15 is 0 Å². The first-order chi connectivity index (χ1) is 10.1. The fraction of sp³-hybridized carbons (Fsp3) is 0.278. The van der Waals surface area contributed by atoms with Crippen molar-refractivity contribution in [1.82, 2.24) is 4.90 Å². The molecule has 0 saturated carbocycles. The van der Waals surface area contributed by atoms with Crippen LogP contribution in [-0.4, -0.2) is 17.4 Å². The number of benzene rings is 2. The number of likely N-dealkylation sites (N-methyl/N-ethyl adjacent to an activating group) is 1. The molecule has 3 heteroatoms. The van der Waals surface area contributed by atoms with Gasteiger partial charge in [-0.15, -0.1) is 0 Å². The van der Waals surface area contributed by atoms with Gasteiger partial charge in [0.1, 0.15) is 0 Å². The number of nitrogen functional groups attached to an aromatic ring is 1. The van der Waals surface area contributed by atoms with Crippen molar-refractivity contribution in [2.24, 2.45) is 0 Å². The van der Waals surface area contributed by atoms with Gasteiger partial charge in [-0.2, -0.15) is 0 Å². The molecule has 0 radical (unpaired) electrons. The molecule has 0 saturated heterocycles. The Morgan fingerprint density at radius 2 is 1.90 bits per heavy atom. The number of nitrogens with zero attached hydrogens (tertiary/aromatic N) is 1. The highest BCUT2D eigenvalue weighted by atomic mass is 16.2. The van der Waals surface area contributed by atoms with Crippen LogP contribution in [0.1, 0.15) is 23.6 Å². The van der Waals surface area contributed by atoms with E-state index in [1.165, 1.54) is 0 Å². The highest BCUT2D eigenvalue weighted by molar-refractivity contribution is 5.79. The lowest BCUT2D eigenvalue weighted by molar-refractivity contribution is -0.130. The van der Waals surface area contributed by atoms with E-state index < -0.39 is 0 Å². The van der Waals surface area contributed by atoms with Crippen LogP contribution in [0.15, 0.2) is 48.5 Å². The van der Waals surface area contributed by atoms with E-state index in [0.29, 0.717) is 19.5 Å². The highest BCUT2D eigenvalue weighted by Gasteiger charge is 2.13. The largest absolute Gasteiger partial charge is 0.399 e. The third-order valence-electron chi connectivity index (χ3n) is 3.66. The summed E-state index contributed by atoms with van der Waals surface area (Å²) in [6.45, 7) is 5.34. The number of amides is 1. The molecule has 0 unspecified atom stereocenters. The van der Waals surface area contributed by atoms with Crippen molar-refractivity contribution in [1.29, 1.82) is 0 Å². The molecule has 0 fully saturated rings. The van der Waals surface area contributed by atoms with E-state index in [4.69, 9.17) is 5.73 Å². The molecule has 1 amide bonds. The molecule has 2 aromatic rings. The highest BCUT2D eigenvalue weighted by Crippen LogP contribution is 2.13. The predicted molar refractivity (Wildman–Crippen MR) is 86.8 cm³/mol. The molecule has 0 aliphatic carbocycles. The first kappa shape index (κ1) is 15.1. The molecule has 0 aliphatic heterocycles. The number of nitrogens with two attached hydrogens (primary N) is 1. The van der Waals surface area contributed by atoms with E-state index in [1.807, 2.05) is 67.3 Å². The summed E-state index contributed by atoms with van der Waals surface area (Å²) in [5.41, 5.74) is 9.84. The Labute approximate surface area is 126 Å². The summed E-state index contributed by atoms with van der Waals surface area (Å²) in [6.07, 6.45) is 0.447. The number of aryl methyl sites for hydroxylation is 1. The first-order valence-electron chi connectivity index (χ1n) is 7.27. The smallest absolute Gasteiger partial charge is 0.227 e. The Bertz CT molecular complexity index is 622. The Kier molecular flexibility index (Phi) is 4.99. The van der Waals surface area contributed by atoms with Crippen molar-refractivity contribution >= 4 is 11.6 Å². The molecule has 2 aromatic carbocycles. The number of anilines is 1. The van der Waals surface area contributed by atoms with Gasteiger partial charge in [-0.05, 0) is 42.7 Å². The lowest BCUT2D eigenvalue weighted by Gasteiger charge is -2.21. The van der Waals surface area contributed by atoms with Crippen LogP contribution < -0.4 is 5.73 Å². The Balaban J connectivity index is 2.07. The van der Waals surface area contributed by atoms with E-state index in [0.717, 1.165) is 22.4 Å². The third-order valence-corrected chi connectivity index (χ3v) is 3.66. The minimum Gasteiger partial charge on any atom is -0.399 e. The second-order valence-electron chi connectivity index (χ2n) is 5.26. The van der Waals surface area contributed by atoms with Gasteiger partial charge in [-0.25, -0.2) is 0 Å². The molecule has 3 nitrogen and oxygen atoms in total. The molecule has 0 atom stereocenters. The minimum absolute atomic E-state index is 0.147. The van der Waals surface area contributed by atoms with Crippen LogP contribution in [0, 0.1) is 6.92 Å². The minimum atomic E-state index is 0.147. The Morgan fingerprint density at radius 3 is 2.57 bits per heavy atom. The average Bonchev–Trinajstić information content (AvgIpc) is 2.47. The summed E-state index contributed by atoms with van der Waals surface area (Å²) in [7, 11) is 0. The quantitative estimate of drug-likeness (QED) is 0.856. The molecule has 0 aliphatic rings. The molecule has 0 bridgehead atoms. The van der Waals surface area contributed by atoms with Crippen molar-refractivity contribution < 1.29 is 4.79 Å². The third kappa shape index (κ3) is 4.09. The van der Waals surface area contributed by atoms with E-state index in [-0.39, 0.29) is 5.91 Å². The summed E-state index contributed by atoms with van der Waals surface area (Å²) >= 11 is 0. The Hall–Kier alpha value is -2.29. The van der Waals surface area contributed by atoms with Crippen LogP contribution in [0.25, 0.3) is 0 Å². The zero-order valence-electron chi connectivity index (χ0n) is 12.7. The van der Waals surface area contributed by atoms with Crippen LogP contribution in [-0.2, 0) is 17.8 Å². The van der Waals surface area contributed by atoms with Gasteiger partial charge in [0, 0.05) is 18.8 Å². The summed E-state index contributed by atoms with van der Waals surface area (Å²) < 4.78 is 0. The van der Waals surface area contributed by atoms with Crippen LogP contribution in [0.3, 0.4) is 0 Å². The van der Waals surface area contributed by atoms with E-state index in [2.05, 4.69) is 0 Å². The lowest BCUT2D eigenvalue weighted by atomic mass is 10.1. The number of hydrogen-bond donors (Lipinski definition) is 1. The Morgan fingerprint density at radius 1 is 1.14 bits per heavy atom. The number of rotatable bonds is 5. The van der Waals surface area contributed by atoms with Crippen LogP contribution in [0.5, 0.6) is 0 Å². The molecule has 110 valence electrons. The van der Waals surface area contributed by atoms with Crippen LogP contribution in [0.2, 0.25) is 0 Å². The molecular weight excluding hydrogens is 260 g/mol. The van der Waals surface area contributed by atoms with Gasteiger partial charge in [0.25, 0.3) is 0 Å². The normalized spacial score (nSPS) is 10.4. The molecule has 0 aromatic heterocycles. The van der Waals surface area contributed by atoms with Crippen molar-refractivity contribution in [3.63, 3.8) is 0 Å². The zero-order chi connectivity index (χ0) is 15.2. The van der Waals surface area contributed by atoms with Crippen LogP contribution in [0.4, 0.5) is 5.69 Å². The zero-order valence-corrected chi connectivity index (χ0v) is 12.7. The van der Waals surface area contributed by atoms with E-state index in [9.17, 15) is 4.79 Å². The van der Waals surface area contributed by atoms with Crippen molar-refractivity contribution in [3.05, 3.63) is 65.2 Å². The maximum atomic E-state index is 12.5. The molecule has 2 rings (SSSR count). The van der Waals surface area contributed by atoms with Gasteiger partial charge in [0.2, 0.25) is 5.91 Å². The maximum Gasteiger partial charge on any atom is 0.227 e. The SMILES string of the molecule is CCN(Cc1cccc(N)c1)C(=O)Cc1ccccc1C. The molecule has 0 spiro atoms. The number of carbonyl (C=O) groups is 1. The first-order valence-corrected chi connectivity index (χ1v) is 7.27. The molecular formula is C18H22N2O. The molecule has 2 N–H and O–H groups in total. The number of hydrogen-bond acceptors (Lipinski definition) is 2. The van der Waals surface area contributed by atoms with Gasteiger partial charge in [-0.3, -0.25) is 4.79 Å². The van der Waals surface area contributed by atoms with Gasteiger partial charge in [0.05, 0.1) is 6.42 Å². The maximum absolute atomic E-state index is 12.5. The fourth-order valence-electron chi connectivity index (χ4n) is 2.37. The van der Waals surface area contributed by atoms with Crippen molar-refractivity contribution in [2.45, 2.75) is 26.8 Å². The van der Waals surface area contributed by atoms with Crippen molar-refractivity contribution in [2.75, 3.05) is 12.3 Å². The second-order valence-corrected chi connectivity index (χ2v) is 5.26. The summed E-state index contributed by atoms with van der Waals surface area (Å²) in [4.78, 5) is 14.3. The van der Waals surface area contributed by atoms with Gasteiger partial charge in [-0.1, -0.05) is 36.4 Å².